The average Bonchev–Trinajstić information content (AvgIpc) is 3.62. The number of aromatic nitrogens is 4. The van der Waals surface area contributed by atoms with Crippen molar-refractivity contribution >= 4 is 29.1 Å². The molecule has 36 heavy (non-hydrogen) atoms. The van der Waals surface area contributed by atoms with Crippen molar-refractivity contribution in [1.82, 2.24) is 25.1 Å². The lowest BCUT2D eigenvalue weighted by Crippen LogP contribution is -2.36. The largest absolute Gasteiger partial charge is 0.444 e. The highest BCUT2D eigenvalue weighted by Crippen LogP contribution is 2.41. The summed E-state index contributed by atoms with van der Waals surface area (Å²) in [5.74, 6) is -0.225. The Labute approximate surface area is 203 Å². The van der Waals surface area contributed by atoms with E-state index < -0.39 is 24.0 Å². The molecule has 2 aliphatic rings. The molecule has 3 aromatic rings. The number of rotatable bonds is 6. The molecule has 1 spiro atoms. The molecule has 2 fully saturated rings. The van der Waals surface area contributed by atoms with Gasteiger partial charge in [-0.3, -0.25) is 19.2 Å². The third-order valence-corrected chi connectivity index (χ3v) is 6.28. The van der Waals surface area contributed by atoms with E-state index in [9.17, 15) is 22.8 Å². The van der Waals surface area contributed by atoms with Crippen molar-refractivity contribution in [3.8, 4) is 11.5 Å². The first kappa shape index (κ1) is 23.8. The predicted molar refractivity (Wildman–Crippen MR) is 122 cm³/mol. The second-order valence-corrected chi connectivity index (χ2v) is 8.84. The summed E-state index contributed by atoms with van der Waals surface area (Å²) in [5.41, 5.74) is 0.212. The summed E-state index contributed by atoms with van der Waals surface area (Å²) in [6.07, 6.45) is 1.12. The van der Waals surface area contributed by atoms with Crippen LogP contribution in [0.2, 0.25) is 0 Å². The normalized spacial score (nSPS) is 19.9. The van der Waals surface area contributed by atoms with Gasteiger partial charge in [-0.15, -0.1) is 0 Å². The lowest BCUT2D eigenvalue weighted by Gasteiger charge is -2.21. The van der Waals surface area contributed by atoms with Crippen molar-refractivity contribution in [3.05, 3.63) is 36.5 Å². The SMILES string of the molecule is Cn1cc(NC(=O)c2coc(-c3ccnc(NCC(F)(F)F)c3)n2)c(N2CCC3(CCNC3)C2=O)n1. The summed E-state index contributed by atoms with van der Waals surface area (Å²) in [5, 5.41) is 12.6. The van der Waals surface area contributed by atoms with Gasteiger partial charge in [0.15, 0.2) is 11.5 Å². The highest BCUT2D eigenvalue weighted by molar-refractivity contribution is 6.07. The van der Waals surface area contributed by atoms with Crippen molar-refractivity contribution < 1.29 is 27.2 Å². The number of hydrogen-bond acceptors (Lipinski definition) is 8. The molecule has 5 rings (SSSR count). The number of pyridine rings is 1. The molecule has 3 aromatic heterocycles. The van der Waals surface area contributed by atoms with E-state index in [-0.39, 0.29) is 23.3 Å². The maximum Gasteiger partial charge on any atom is 0.405 e. The number of alkyl halides is 3. The zero-order valence-electron chi connectivity index (χ0n) is 19.2. The molecule has 190 valence electrons. The lowest BCUT2D eigenvalue weighted by atomic mass is 9.86. The van der Waals surface area contributed by atoms with Crippen LogP contribution in [0, 0.1) is 5.41 Å². The highest BCUT2D eigenvalue weighted by atomic mass is 19.4. The van der Waals surface area contributed by atoms with Gasteiger partial charge in [0.05, 0.1) is 11.6 Å². The molecule has 0 aromatic carbocycles. The average molecular weight is 504 g/mol. The van der Waals surface area contributed by atoms with Crippen LogP contribution in [0.3, 0.4) is 0 Å². The number of carbonyl (C=O) groups is 2. The van der Waals surface area contributed by atoms with Gasteiger partial charge in [-0.25, -0.2) is 9.97 Å². The van der Waals surface area contributed by atoms with Crippen molar-refractivity contribution in [2.45, 2.75) is 19.0 Å². The van der Waals surface area contributed by atoms with Gasteiger partial charge in [-0.1, -0.05) is 0 Å². The van der Waals surface area contributed by atoms with E-state index in [1.165, 1.54) is 23.0 Å². The summed E-state index contributed by atoms with van der Waals surface area (Å²) in [6, 6.07) is 2.84. The monoisotopic (exact) mass is 504 g/mol. The molecule has 14 heteroatoms. The molecular weight excluding hydrogens is 481 g/mol. The molecule has 0 saturated carbocycles. The van der Waals surface area contributed by atoms with Crippen LogP contribution in [0.4, 0.5) is 30.5 Å². The standard InChI is InChI=1S/C22H23F3N8O3/c1-32-9-14(17(31-32)33-7-4-21(20(33)35)3-6-26-11-21)29-18(34)15-10-36-19(30-15)13-2-5-27-16(8-13)28-12-22(23,24)25/h2,5,8-10,26H,3-4,6-7,11-12H2,1H3,(H,27,28)(H,29,34). The van der Waals surface area contributed by atoms with E-state index >= 15 is 0 Å². The maximum atomic E-state index is 13.2. The van der Waals surface area contributed by atoms with Crippen LogP contribution in [0.1, 0.15) is 23.3 Å². The minimum atomic E-state index is -4.40. The number of halogens is 3. The molecule has 2 saturated heterocycles. The fourth-order valence-electron chi connectivity index (χ4n) is 4.47. The number of nitrogens with one attached hydrogen (secondary N) is 3. The van der Waals surface area contributed by atoms with E-state index in [1.54, 1.807) is 18.1 Å². The molecule has 0 aliphatic carbocycles. The van der Waals surface area contributed by atoms with Crippen molar-refractivity contribution in [2.75, 3.05) is 41.7 Å². The van der Waals surface area contributed by atoms with Crippen LogP contribution in [-0.2, 0) is 11.8 Å². The number of nitrogens with zero attached hydrogens (tertiary/aromatic N) is 5. The van der Waals surface area contributed by atoms with Crippen LogP contribution in [0.15, 0.2) is 35.2 Å². The van der Waals surface area contributed by atoms with Crippen molar-refractivity contribution in [1.29, 1.82) is 0 Å². The molecule has 0 radical (unpaired) electrons. The Morgan fingerprint density at radius 1 is 1.33 bits per heavy atom. The first-order valence-corrected chi connectivity index (χ1v) is 11.2. The van der Waals surface area contributed by atoms with Gasteiger partial charge in [0.25, 0.3) is 5.91 Å². The van der Waals surface area contributed by atoms with E-state index in [2.05, 4.69) is 31.0 Å². The number of oxazole rings is 1. The van der Waals surface area contributed by atoms with Gasteiger partial charge in [0, 0.05) is 31.9 Å². The van der Waals surface area contributed by atoms with E-state index in [1.807, 2.05) is 0 Å². The second kappa shape index (κ2) is 8.93. The van der Waals surface area contributed by atoms with Gasteiger partial charge in [0.2, 0.25) is 11.8 Å². The number of aryl methyl sites for hydroxylation is 1. The fourth-order valence-corrected chi connectivity index (χ4v) is 4.47. The Kier molecular flexibility index (Phi) is 5.90. The molecule has 1 unspecified atom stereocenters. The van der Waals surface area contributed by atoms with Gasteiger partial charge in [-0.05, 0) is 31.5 Å². The third-order valence-electron chi connectivity index (χ3n) is 6.28. The Hall–Kier alpha value is -3.94. The topological polar surface area (TPSA) is 130 Å². The maximum absolute atomic E-state index is 13.2. The molecule has 11 nitrogen and oxygen atoms in total. The summed E-state index contributed by atoms with van der Waals surface area (Å²) in [6.45, 7) is 0.673. The Morgan fingerprint density at radius 2 is 2.17 bits per heavy atom. The highest BCUT2D eigenvalue weighted by Gasteiger charge is 2.49. The Bertz CT molecular complexity index is 1300. The number of amides is 2. The predicted octanol–water partition coefficient (Wildman–Crippen LogP) is 2.41. The van der Waals surface area contributed by atoms with Gasteiger partial charge in [0.1, 0.15) is 24.3 Å². The van der Waals surface area contributed by atoms with Crippen LogP contribution in [0.5, 0.6) is 0 Å². The van der Waals surface area contributed by atoms with E-state index in [0.717, 1.165) is 19.2 Å². The number of carbonyl (C=O) groups excluding carboxylic acids is 2. The molecule has 2 aliphatic heterocycles. The lowest BCUT2D eigenvalue weighted by molar-refractivity contribution is -0.124. The van der Waals surface area contributed by atoms with E-state index in [0.29, 0.717) is 36.6 Å². The van der Waals surface area contributed by atoms with Crippen molar-refractivity contribution in [2.24, 2.45) is 12.5 Å². The molecule has 3 N–H and O–H groups in total. The first-order valence-electron chi connectivity index (χ1n) is 11.2. The molecule has 1 atom stereocenters. The van der Waals surface area contributed by atoms with Crippen LogP contribution in [0.25, 0.3) is 11.5 Å². The van der Waals surface area contributed by atoms with E-state index in [4.69, 9.17) is 4.42 Å². The molecule has 2 amide bonds. The molecule has 0 bridgehead atoms. The van der Waals surface area contributed by atoms with Crippen LogP contribution >= 0.6 is 0 Å². The zero-order chi connectivity index (χ0) is 25.5. The number of hydrogen-bond donors (Lipinski definition) is 3. The second-order valence-electron chi connectivity index (χ2n) is 8.84. The Balaban J connectivity index is 1.31. The third kappa shape index (κ3) is 4.63. The molecular formula is C22H23F3N8O3. The smallest absolute Gasteiger partial charge is 0.405 e. The zero-order valence-corrected chi connectivity index (χ0v) is 19.2. The van der Waals surface area contributed by atoms with Crippen LogP contribution < -0.4 is 20.9 Å². The fraction of sp³-hybridized carbons (Fsp3) is 0.409. The summed E-state index contributed by atoms with van der Waals surface area (Å²) >= 11 is 0. The number of anilines is 3. The van der Waals surface area contributed by atoms with Crippen LogP contribution in [-0.4, -0.2) is 63.9 Å². The summed E-state index contributed by atoms with van der Waals surface area (Å²) in [7, 11) is 1.69. The van der Waals surface area contributed by atoms with Gasteiger partial charge < -0.3 is 20.4 Å². The first-order chi connectivity index (χ1) is 17.1. The van der Waals surface area contributed by atoms with Gasteiger partial charge >= 0.3 is 6.18 Å². The summed E-state index contributed by atoms with van der Waals surface area (Å²) < 4.78 is 44.3. The summed E-state index contributed by atoms with van der Waals surface area (Å²) in [4.78, 5) is 35.7. The quantitative estimate of drug-likeness (QED) is 0.467. The minimum absolute atomic E-state index is 0.0143. The van der Waals surface area contributed by atoms with Crippen molar-refractivity contribution in [3.63, 3.8) is 0 Å². The minimum Gasteiger partial charge on any atom is -0.444 e. The molecule has 5 heterocycles. The van der Waals surface area contributed by atoms with Gasteiger partial charge in [-0.2, -0.15) is 18.3 Å². The Morgan fingerprint density at radius 3 is 2.92 bits per heavy atom.